The predicted octanol–water partition coefficient (Wildman–Crippen LogP) is 1.36. The second kappa shape index (κ2) is 4.00. The number of aromatic nitrogens is 4. The maximum absolute atomic E-state index is 6.15. The van der Waals surface area contributed by atoms with Crippen LogP contribution in [-0.2, 0) is 19.0 Å². The van der Waals surface area contributed by atoms with E-state index in [1.54, 1.807) is 6.33 Å². The standard InChI is InChI=1S/C12H19N5/c1-5-9-10(7-16(4)15-9)17-8-14-6-11(17)12(2,3)13/h6-8H,5,13H2,1-4H3. The van der Waals surface area contributed by atoms with Gasteiger partial charge in [-0.15, -0.1) is 0 Å². The minimum absolute atomic E-state index is 0.419. The Bertz CT molecular complexity index is 515. The number of hydrogen-bond donors (Lipinski definition) is 1. The van der Waals surface area contributed by atoms with Crippen LogP contribution in [0.1, 0.15) is 32.2 Å². The number of hydrogen-bond acceptors (Lipinski definition) is 3. The Morgan fingerprint density at radius 2 is 2.12 bits per heavy atom. The molecule has 2 aromatic rings. The fourth-order valence-corrected chi connectivity index (χ4v) is 1.94. The Labute approximate surface area is 101 Å². The molecule has 2 heterocycles. The predicted molar refractivity (Wildman–Crippen MR) is 66.9 cm³/mol. The van der Waals surface area contributed by atoms with Crippen LogP contribution in [0.3, 0.4) is 0 Å². The first-order chi connectivity index (χ1) is 7.93. The molecule has 0 aliphatic carbocycles. The molecule has 2 rings (SSSR count). The van der Waals surface area contributed by atoms with Crippen molar-refractivity contribution in [3.63, 3.8) is 0 Å². The van der Waals surface area contributed by atoms with Crippen LogP contribution in [0.4, 0.5) is 0 Å². The van der Waals surface area contributed by atoms with E-state index < -0.39 is 5.54 Å². The Kier molecular flexibility index (Phi) is 2.79. The molecule has 0 fully saturated rings. The van der Waals surface area contributed by atoms with Crippen LogP contribution < -0.4 is 5.73 Å². The molecule has 2 aromatic heterocycles. The van der Waals surface area contributed by atoms with Crippen LogP contribution in [-0.4, -0.2) is 19.3 Å². The first-order valence-electron chi connectivity index (χ1n) is 5.78. The van der Waals surface area contributed by atoms with E-state index in [-0.39, 0.29) is 0 Å². The van der Waals surface area contributed by atoms with Gasteiger partial charge in [0.15, 0.2) is 0 Å². The van der Waals surface area contributed by atoms with Crippen molar-refractivity contribution in [3.8, 4) is 5.69 Å². The summed E-state index contributed by atoms with van der Waals surface area (Å²) >= 11 is 0. The van der Waals surface area contributed by atoms with Gasteiger partial charge in [0, 0.05) is 13.2 Å². The summed E-state index contributed by atoms with van der Waals surface area (Å²) in [6, 6.07) is 0. The molecule has 0 spiro atoms. The highest BCUT2D eigenvalue weighted by atomic mass is 15.3. The van der Waals surface area contributed by atoms with Crippen molar-refractivity contribution >= 4 is 0 Å². The average molecular weight is 233 g/mol. The Hall–Kier alpha value is -1.62. The lowest BCUT2D eigenvalue weighted by Gasteiger charge is -2.20. The van der Waals surface area contributed by atoms with Gasteiger partial charge in [-0.25, -0.2) is 4.98 Å². The zero-order valence-corrected chi connectivity index (χ0v) is 10.8. The summed E-state index contributed by atoms with van der Waals surface area (Å²) in [4.78, 5) is 4.20. The van der Waals surface area contributed by atoms with E-state index in [0.717, 1.165) is 23.5 Å². The van der Waals surface area contributed by atoms with Crippen LogP contribution in [0.2, 0.25) is 0 Å². The molecular weight excluding hydrogens is 214 g/mol. The van der Waals surface area contributed by atoms with Crippen LogP contribution in [0.15, 0.2) is 18.7 Å². The van der Waals surface area contributed by atoms with Gasteiger partial charge in [0.2, 0.25) is 0 Å². The van der Waals surface area contributed by atoms with Crippen molar-refractivity contribution in [1.29, 1.82) is 0 Å². The molecule has 0 atom stereocenters. The van der Waals surface area contributed by atoms with Crippen molar-refractivity contribution in [3.05, 3.63) is 30.1 Å². The number of imidazole rings is 1. The van der Waals surface area contributed by atoms with E-state index in [1.807, 2.05) is 42.5 Å². The quantitative estimate of drug-likeness (QED) is 0.870. The summed E-state index contributed by atoms with van der Waals surface area (Å²) in [6.07, 6.45) is 6.49. The van der Waals surface area contributed by atoms with Gasteiger partial charge < -0.3 is 5.73 Å². The SMILES string of the molecule is CCc1nn(C)cc1-n1cncc1C(C)(C)N. The lowest BCUT2D eigenvalue weighted by atomic mass is 10.0. The lowest BCUT2D eigenvalue weighted by molar-refractivity contribution is 0.524. The van der Waals surface area contributed by atoms with Crippen molar-refractivity contribution in [1.82, 2.24) is 19.3 Å². The van der Waals surface area contributed by atoms with Crippen LogP contribution in [0, 0.1) is 0 Å². The lowest BCUT2D eigenvalue weighted by Crippen LogP contribution is -2.31. The van der Waals surface area contributed by atoms with Crippen LogP contribution >= 0.6 is 0 Å². The van der Waals surface area contributed by atoms with E-state index in [9.17, 15) is 0 Å². The zero-order chi connectivity index (χ0) is 12.6. The zero-order valence-electron chi connectivity index (χ0n) is 10.8. The molecule has 0 bridgehead atoms. The van der Waals surface area contributed by atoms with Crippen molar-refractivity contribution < 1.29 is 0 Å². The Balaban J connectivity index is 2.57. The monoisotopic (exact) mass is 233 g/mol. The van der Waals surface area contributed by atoms with E-state index in [0.29, 0.717) is 0 Å². The topological polar surface area (TPSA) is 61.7 Å². The summed E-state index contributed by atoms with van der Waals surface area (Å²) in [7, 11) is 1.92. The highest BCUT2D eigenvalue weighted by Gasteiger charge is 2.21. The van der Waals surface area contributed by atoms with Gasteiger partial charge in [-0.05, 0) is 20.3 Å². The third-order valence-corrected chi connectivity index (χ3v) is 2.78. The van der Waals surface area contributed by atoms with Gasteiger partial charge in [0.1, 0.15) is 0 Å². The summed E-state index contributed by atoms with van der Waals surface area (Å²) in [6.45, 7) is 6.04. The summed E-state index contributed by atoms with van der Waals surface area (Å²) in [5.74, 6) is 0. The van der Waals surface area contributed by atoms with E-state index >= 15 is 0 Å². The summed E-state index contributed by atoms with van der Waals surface area (Å²) in [5.41, 5.74) is 8.83. The van der Waals surface area contributed by atoms with E-state index in [1.165, 1.54) is 0 Å². The third kappa shape index (κ3) is 2.10. The maximum atomic E-state index is 6.15. The number of nitrogens with zero attached hydrogens (tertiary/aromatic N) is 4. The normalized spacial score (nSPS) is 12.1. The smallest absolute Gasteiger partial charge is 0.0995 e. The molecule has 2 N–H and O–H groups in total. The van der Waals surface area contributed by atoms with Gasteiger partial charge in [0.05, 0.1) is 35.1 Å². The highest BCUT2D eigenvalue weighted by Crippen LogP contribution is 2.22. The van der Waals surface area contributed by atoms with Crippen molar-refractivity contribution in [2.45, 2.75) is 32.7 Å². The molecule has 0 unspecified atom stereocenters. The van der Waals surface area contributed by atoms with Gasteiger partial charge in [-0.1, -0.05) is 6.92 Å². The molecule has 0 aliphatic heterocycles. The van der Waals surface area contributed by atoms with Gasteiger partial charge in [0.25, 0.3) is 0 Å². The summed E-state index contributed by atoms with van der Waals surface area (Å²) < 4.78 is 3.84. The van der Waals surface area contributed by atoms with Gasteiger partial charge in [-0.2, -0.15) is 5.10 Å². The van der Waals surface area contributed by atoms with Crippen molar-refractivity contribution in [2.75, 3.05) is 0 Å². The molecular formula is C12H19N5. The maximum Gasteiger partial charge on any atom is 0.0995 e. The molecule has 92 valence electrons. The number of rotatable bonds is 3. The first kappa shape index (κ1) is 11.9. The van der Waals surface area contributed by atoms with Crippen molar-refractivity contribution in [2.24, 2.45) is 12.8 Å². The molecule has 0 amide bonds. The van der Waals surface area contributed by atoms with E-state index in [4.69, 9.17) is 5.73 Å². The second-order valence-electron chi connectivity index (χ2n) is 4.86. The molecule has 0 saturated carbocycles. The molecule has 0 aromatic carbocycles. The minimum Gasteiger partial charge on any atom is -0.321 e. The Morgan fingerprint density at radius 3 is 2.71 bits per heavy atom. The molecule has 17 heavy (non-hydrogen) atoms. The Morgan fingerprint density at radius 1 is 1.41 bits per heavy atom. The summed E-state index contributed by atoms with van der Waals surface area (Å²) in [5, 5.41) is 4.44. The number of aryl methyl sites for hydroxylation is 2. The molecule has 0 radical (unpaired) electrons. The molecule has 0 aliphatic rings. The minimum atomic E-state index is -0.419. The first-order valence-corrected chi connectivity index (χ1v) is 5.78. The third-order valence-electron chi connectivity index (χ3n) is 2.78. The second-order valence-corrected chi connectivity index (χ2v) is 4.86. The van der Waals surface area contributed by atoms with Gasteiger partial charge in [-0.3, -0.25) is 9.25 Å². The fraction of sp³-hybridized carbons (Fsp3) is 0.500. The fourth-order valence-electron chi connectivity index (χ4n) is 1.94. The van der Waals surface area contributed by atoms with Crippen LogP contribution in [0.25, 0.3) is 5.69 Å². The molecule has 0 saturated heterocycles. The largest absolute Gasteiger partial charge is 0.321 e. The number of nitrogens with two attached hydrogens (primary N) is 1. The van der Waals surface area contributed by atoms with Gasteiger partial charge >= 0.3 is 0 Å². The average Bonchev–Trinajstić information content (AvgIpc) is 2.81. The van der Waals surface area contributed by atoms with E-state index in [2.05, 4.69) is 17.0 Å². The van der Waals surface area contributed by atoms with Crippen LogP contribution in [0.5, 0.6) is 0 Å². The highest BCUT2D eigenvalue weighted by molar-refractivity contribution is 5.37. The molecule has 5 heteroatoms. The molecule has 5 nitrogen and oxygen atoms in total.